The molecule has 0 bridgehead atoms. The van der Waals surface area contributed by atoms with Crippen molar-refractivity contribution < 1.29 is 35.8 Å². The van der Waals surface area contributed by atoms with Crippen LogP contribution in [0.1, 0.15) is 48.9 Å². The molecule has 7 rings (SSSR count). The molecule has 3 aliphatic heterocycles. The van der Waals surface area contributed by atoms with Gasteiger partial charge in [-0.2, -0.15) is 23.1 Å². The van der Waals surface area contributed by atoms with Crippen LogP contribution in [0.5, 0.6) is 11.9 Å². The summed E-state index contributed by atoms with van der Waals surface area (Å²) in [5, 5.41) is -0.0599. The van der Waals surface area contributed by atoms with Crippen molar-refractivity contribution in [2.75, 3.05) is 49.2 Å². The lowest BCUT2D eigenvalue weighted by molar-refractivity contribution is -0.137. The Kier molecular flexibility index (Phi) is 7.68. The molecule has 0 aliphatic carbocycles. The van der Waals surface area contributed by atoms with Gasteiger partial charge in [-0.3, -0.25) is 4.90 Å². The van der Waals surface area contributed by atoms with E-state index in [1.54, 1.807) is 17.0 Å². The second-order valence-electron chi connectivity index (χ2n) is 12.5. The van der Waals surface area contributed by atoms with Gasteiger partial charge in [-0.05, 0) is 50.9 Å². The van der Waals surface area contributed by atoms with Crippen molar-refractivity contribution >= 4 is 28.2 Å². The average Bonchev–Trinajstić information content (AvgIpc) is 3.48. The number of alkyl halides is 4. The van der Waals surface area contributed by atoms with Crippen molar-refractivity contribution in [3.8, 4) is 23.1 Å². The summed E-state index contributed by atoms with van der Waals surface area (Å²) < 4.78 is 102. The van der Waals surface area contributed by atoms with Crippen LogP contribution >= 0.6 is 0 Å². The van der Waals surface area contributed by atoms with E-state index in [0.717, 1.165) is 19.4 Å². The molecule has 3 aliphatic rings. The molecule has 254 valence electrons. The van der Waals surface area contributed by atoms with E-state index < -0.39 is 69.2 Å². The highest BCUT2D eigenvalue weighted by molar-refractivity contribution is 5.97. The molecule has 4 aromatic rings. The lowest BCUT2D eigenvalue weighted by Crippen LogP contribution is -2.43. The SMILES string of the molecule is Cc1cc(N)c(F)c(-c2nc3c4c(nc(OCC56CCCN5C[C@H](F)C6)nc4c2F)N([C@H](C)c2cccnc2N)CCO3)c1C(F)(F)F. The molecule has 0 spiro atoms. The molecule has 1 aromatic carbocycles. The number of rotatable bonds is 6. The van der Waals surface area contributed by atoms with E-state index in [1.165, 1.54) is 6.20 Å². The third kappa shape index (κ3) is 5.16. The monoisotopic (exact) mass is 674 g/mol. The van der Waals surface area contributed by atoms with Crippen LogP contribution in [0.15, 0.2) is 24.4 Å². The second kappa shape index (κ2) is 11.5. The Hall–Kier alpha value is -4.60. The minimum Gasteiger partial charge on any atom is -0.475 e. The molecule has 2 saturated heterocycles. The lowest BCUT2D eigenvalue weighted by Gasteiger charge is -2.32. The van der Waals surface area contributed by atoms with Crippen LogP contribution in [0, 0.1) is 18.6 Å². The fraction of sp³-hybridized carbons (Fsp3) is 0.438. The Morgan fingerprint density at radius 2 is 1.94 bits per heavy atom. The van der Waals surface area contributed by atoms with Crippen LogP contribution in [-0.4, -0.2) is 69.4 Å². The fourth-order valence-electron chi connectivity index (χ4n) is 7.38. The van der Waals surface area contributed by atoms with Crippen molar-refractivity contribution in [1.29, 1.82) is 0 Å². The summed E-state index contributed by atoms with van der Waals surface area (Å²) in [6.45, 7) is 3.96. The number of nitrogens with two attached hydrogens (primary N) is 2. The molecule has 2 fully saturated rings. The molecular formula is C32H32F6N8O2. The number of nitrogen functional groups attached to an aromatic ring is 2. The quantitative estimate of drug-likeness (QED) is 0.192. The van der Waals surface area contributed by atoms with Crippen LogP contribution in [0.4, 0.5) is 43.7 Å². The largest absolute Gasteiger partial charge is 0.475 e. The maximum Gasteiger partial charge on any atom is 0.417 e. The number of hydrogen-bond acceptors (Lipinski definition) is 10. The normalized spacial score (nSPS) is 21.7. The van der Waals surface area contributed by atoms with Crippen LogP contribution in [0.2, 0.25) is 0 Å². The van der Waals surface area contributed by atoms with E-state index in [-0.39, 0.29) is 61.6 Å². The third-order valence-corrected chi connectivity index (χ3v) is 9.58. The molecule has 3 atom stereocenters. The number of fused-ring (bicyclic) bond motifs is 1. The molecule has 10 nitrogen and oxygen atoms in total. The number of nitrogens with zero attached hydrogens (tertiary/aromatic N) is 6. The number of anilines is 3. The summed E-state index contributed by atoms with van der Waals surface area (Å²) in [7, 11) is 0. The highest BCUT2D eigenvalue weighted by Crippen LogP contribution is 2.47. The zero-order chi connectivity index (χ0) is 34.1. The van der Waals surface area contributed by atoms with Gasteiger partial charge >= 0.3 is 12.2 Å². The Balaban J connectivity index is 1.45. The van der Waals surface area contributed by atoms with Gasteiger partial charge in [0, 0.05) is 24.7 Å². The standard InChI is InChI=1S/C32H32F6N8O2/c1-15-11-19(39)23(34)20(22(15)32(36,37)38)25-24(35)26-21-28(44-30(43-26)48-14-31-6-4-8-45(31)13-17(33)12-31)46(9-10-47-29(21)42-25)16(2)18-5-3-7-41-27(18)40/h3,5,7,11,16-17H,4,6,8-10,12-14,39H2,1-2H3,(H2,40,41)/t16-,17-,31?/m1/s1. The van der Waals surface area contributed by atoms with E-state index in [9.17, 15) is 17.6 Å². The number of ether oxygens (including phenoxy) is 2. The Morgan fingerprint density at radius 3 is 2.69 bits per heavy atom. The van der Waals surface area contributed by atoms with Gasteiger partial charge in [-0.1, -0.05) is 6.07 Å². The second-order valence-corrected chi connectivity index (χ2v) is 12.5. The van der Waals surface area contributed by atoms with Gasteiger partial charge in [-0.25, -0.2) is 23.1 Å². The Bertz CT molecular complexity index is 1930. The summed E-state index contributed by atoms with van der Waals surface area (Å²) in [6, 6.07) is 3.48. The van der Waals surface area contributed by atoms with Gasteiger partial charge in [0.15, 0.2) is 11.6 Å². The molecule has 48 heavy (non-hydrogen) atoms. The minimum absolute atomic E-state index is 0.00630. The van der Waals surface area contributed by atoms with Crippen LogP contribution < -0.4 is 25.8 Å². The minimum atomic E-state index is -5.09. The Labute approximate surface area is 271 Å². The van der Waals surface area contributed by atoms with Crippen LogP contribution in [-0.2, 0) is 6.18 Å². The van der Waals surface area contributed by atoms with Gasteiger partial charge < -0.3 is 25.8 Å². The average molecular weight is 675 g/mol. The Morgan fingerprint density at radius 1 is 1.15 bits per heavy atom. The molecule has 16 heteroatoms. The highest BCUT2D eigenvalue weighted by Gasteiger charge is 2.49. The first-order valence-corrected chi connectivity index (χ1v) is 15.5. The van der Waals surface area contributed by atoms with Crippen molar-refractivity contribution in [3.63, 3.8) is 0 Å². The molecule has 0 saturated carbocycles. The molecule has 0 radical (unpaired) electrons. The number of aromatic nitrogens is 4. The lowest BCUT2D eigenvalue weighted by atomic mass is 9.95. The van der Waals surface area contributed by atoms with Crippen molar-refractivity contribution in [1.82, 2.24) is 24.8 Å². The molecule has 6 heterocycles. The summed E-state index contributed by atoms with van der Waals surface area (Å²) >= 11 is 0. The first-order chi connectivity index (χ1) is 22.8. The number of pyridine rings is 2. The molecule has 4 N–H and O–H groups in total. The number of hydrogen-bond donors (Lipinski definition) is 2. The van der Waals surface area contributed by atoms with Gasteiger partial charge in [0.05, 0.1) is 34.9 Å². The fourth-order valence-corrected chi connectivity index (χ4v) is 7.38. The molecule has 0 amide bonds. The molecular weight excluding hydrogens is 642 g/mol. The third-order valence-electron chi connectivity index (χ3n) is 9.58. The van der Waals surface area contributed by atoms with Crippen LogP contribution in [0.25, 0.3) is 22.2 Å². The maximum absolute atomic E-state index is 16.8. The topological polar surface area (TPSA) is 129 Å². The molecule has 3 aromatic heterocycles. The summed E-state index contributed by atoms with van der Waals surface area (Å²) in [5.74, 6) is -2.81. The smallest absolute Gasteiger partial charge is 0.417 e. The number of halogens is 6. The van der Waals surface area contributed by atoms with Gasteiger partial charge in [-0.15, -0.1) is 0 Å². The number of benzene rings is 1. The summed E-state index contributed by atoms with van der Waals surface area (Å²) in [6.07, 6.45) is -2.84. The first-order valence-electron chi connectivity index (χ1n) is 15.5. The first kappa shape index (κ1) is 32.0. The van der Waals surface area contributed by atoms with Crippen molar-refractivity contribution in [2.24, 2.45) is 0 Å². The van der Waals surface area contributed by atoms with Gasteiger partial charge in [0.25, 0.3) is 0 Å². The van der Waals surface area contributed by atoms with Crippen molar-refractivity contribution in [3.05, 3.63) is 52.7 Å². The van der Waals surface area contributed by atoms with E-state index in [4.69, 9.17) is 20.9 Å². The van der Waals surface area contributed by atoms with E-state index in [1.807, 2.05) is 11.8 Å². The van der Waals surface area contributed by atoms with E-state index in [0.29, 0.717) is 18.5 Å². The molecule has 1 unspecified atom stereocenters. The maximum atomic E-state index is 16.8. The zero-order valence-electron chi connectivity index (χ0n) is 26.0. The van der Waals surface area contributed by atoms with Crippen LogP contribution in [0.3, 0.4) is 0 Å². The van der Waals surface area contributed by atoms with E-state index >= 15 is 8.78 Å². The summed E-state index contributed by atoms with van der Waals surface area (Å²) in [4.78, 5) is 21.0. The predicted molar refractivity (Wildman–Crippen MR) is 165 cm³/mol. The highest BCUT2D eigenvalue weighted by atomic mass is 19.4. The van der Waals surface area contributed by atoms with Crippen molar-refractivity contribution in [2.45, 2.75) is 57.0 Å². The summed E-state index contributed by atoms with van der Waals surface area (Å²) in [5.41, 5.74) is 6.81. The predicted octanol–water partition coefficient (Wildman–Crippen LogP) is 5.77. The van der Waals surface area contributed by atoms with Gasteiger partial charge in [0.2, 0.25) is 5.88 Å². The zero-order valence-corrected chi connectivity index (χ0v) is 26.0. The number of aryl methyl sites for hydroxylation is 1. The van der Waals surface area contributed by atoms with Gasteiger partial charge in [0.1, 0.15) is 47.6 Å². The van der Waals surface area contributed by atoms with E-state index in [2.05, 4.69) is 19.9 Å².